The Morgan fingerprint density at radius 3 is 2.91 bits per heavy atom. The maximum Gasteiger partial charge on any atom is 0.354 e. The Kier molecular flexibility index (Phi) is 2.19. The van der Waals surface area contributed by atoms with Crippen molar-refractivity contribution >= 4 is 18.6 Å². The number of imidazole rings is 1. The summed E-state index contributed by atoms with van der Waals surface area (Å²) in [5.74, 6) is -0.973. The van der Waals surface area contributed by atoms with Crippen LogP contribution < -0.4 is 0 Å². The van der Waals surface area contributed by atoms with Crippen LogP contribution in [0.4, 0.5) is 0 Å². The summed E-state index contributed by atoms with van der Waals surface area (Å²) >= 11 is 3.98. The quantitative estimate of drug-likeness (QED) is 0.651. The van der Waals surface area contributed by atoms with E-state index in [9.17, 15) is 4.79 Å². The van der Waals surface area contributed by atoms with Gasteiger partial charge in [0.05, 0.1) is 6.20 Å². The van der Waals surface area contributed by atoms with Crippen molar-refractivity contribution < 1.29 is 9.90 Å². The first-order valence-corrected chi connectivity index (χ1v) is 3.59. The molecule has 0 aliphatic rings. The fourth-order valence-corrected chi connectivity index (χ4v) is 1.16. The van der Waals surface area contributed by atoms with Crippen LogP contribution in [0.2, 0.25) is 0 Å². The molecule has 0 fully saturated rings. The van der Waals surface area contributed by atoms with Crippen LogP contribution >= 0.6 is 12.6 Å². The maximum absolute atomic E-state index is 10.5. The van der Waals surface area contributed by atoms with E-state index in [4.69, 9.17) is 5.11 Å². The lowest BCUT2D eigenvalue weighted by Gasteiger charge is -2.00. The summed E-state index contributed by atoms with van der Waals surface area (Å²) in [7, 11) is 0. The SMILES string of the molecule is CCn1c(C(=O)O)cnc1S. The molecule has 4 nitrogen and oxygen atoms in total. The minimum atomic E-state index is -0.973. The largest absolute Gasteiger partial charge is 0.477 e. The van der Waals surface area contributed by atoms with Crippen molar-refractivity contribution in [3.63, 3.8) is 0 Å². The summed E-state index contributed by atoms with van der Waals surface area (Å²) in [4.78, 5) is 14.3. The molecule has 0 aliphatic carbocycles. The Balaban J connectivity index is 3.15. The van der Waals surface area contributed by atoms with Gasteiger partial charge in [0.15, 0.2) is 5.16 Å². The molecule has 0 saturated heterocycles. The number of nitrogens with zero attached hydrogens (tertiary/aromatic N) is 2. The third-order valence-corrected chi connectivity index (χ3v) is 1.73. The Morgan fingerprint density at radius 1 is 1.91 bits per heavy atom. The molecule has 0 aromatic carbocycles. The van der Waals surface area contributed by atoms with E-state index >= 15 is 0 Å². The molecule has 0 unspecified atom stereocenters. The number of aromatic nitrogens is 2. The number of carboxylic acid groups (broad SMARTS) is 1. The molecular formula is C6H8N2O2S. The van der Waals surface area contributed by atoms with E-state index in [1.807, 2.05) is 6.92 Å². The molecule has 0 aliphatic heterocycles. The fourth-order valence-electron chi connectivity index (χ4n) is 0.848. The lowest BCUT2D eigenvalue weighted by molar-refractivity contribution is 0.0684. The molecule has 1 N–H and O–H groups in total. The zero-order chi connectivity index (χ0) is 8.43. The highest BCUT2D eigenvalue weighted by Gasteiger charge is 2.11. The van der Waals surface area contributed by atoms with Gasteiger partial charge in [-0.1, -0.05) is 0 Å². The number of hydrogen-bond acceptors (Lipinski definition) is 3. The van der Waals surface area contributed by atoms with E-state index < -0.39 is 5.97 Å². The fraction of sp³-hybridized carbons (Fsp3) is 0.333. The van der Waals surface area contributed by atoms with Gasteiger partial charge < -0.3 is 9.67 Å². The summed E-state index contributed by atoms with van der Waals surface area (Å²) in [6, 6.07) is 0. The van der Waals surface area contributed by atoms with Gasteiger partial charge in [0.25, 0.3) is 0 Å². The Hall–Kier alpha value is -0.970. The minimum absolute atomic E-state index is 0.178. The van der Waals surface area contributed by atoms with Gasteiger partial charge in [-0.15, -0.1) is 12.6 Å². The van der Waals surface area contributed by atoms with Crippen LogP contribution in [0.3, 0.4) is 0 Å². The normalized spacial score (nSPS) is 10.0. The zero-order valence-electron chi connectivity index (χ0n) is 5.98. The van der Waals surface area contributed by atoms with Gasteiger partial charge >= 0.3 is 5.97 Å². The van der Waals surface area contributed by atoms with E-state index in [-0.39, 0.29) is 5.69 Å². The molecule has 1 aromatic rings. The van der Waals surface area contributed by atoms with Crippen LogP contribution in [0.5, 0.6) is 0 Å². The molecule has 0 spiro atoms. The molecule has 1 heterocycles. The van der Waals surface area contributed by atoms with Crippen molar-refractivity contribution in [1.29, 1.82) is 0 Å². The topological polar surface area (TPSA) is 55.1 Å². The standard InChI is InChI=1S/C6H8N2O2S/c1-2-8-4(5(9)10)3-7-6(8)11/h3H,2H2,1H3,(H,7,11)(H,9,10). The van der Waals surface area contributed by atoms with E-state index in [0.717, 1.165) is 0 Å². The van der Waals surface area contributed by atoms with Crippen LogP contribution in [0.1, 0.15) is 17.4 Å². The monoisotopic (exact) mass is 172 g/mol. The van der Waals surface area contributed by atoms with Gasteiger partial charge in [-0.05, 0) is 6.92 Å². The highest BCUT2D eigenvalue weighted by atomic mass is 32.1. The van der Waals surface area contributed by atoms with Gasteiger partial charge in [-0.25, -0.2) is 9.78 Å². The number of carbonyl (C=O) groups is 1. The smallest absolute Gasteiger partial charge is 0.354 e. The van der Waals surface area contributed by atoms with Gasteiger partial charge in [0.1, 0.15) is 5.69 Å². The van der Waals surface area contributed by atoms with E-state index in [1.165, 1.54) is 10.8 Å². The first kappa shape index (κ1) is 8.13. The lowest BCUT2D eigenvalue weighted by Crippen LogP contribution is -2.07. The second-order valence-electron chi connectivity index (χ2n) is 1.99. The average Bonchev–Trinajstić information content (AvgIpc) is 2.30. The maximum atomic E-state index is 10.5. The minimum Gasteiger partial charge on any atom is -0.477 e. The summed E-state index contributed by atoms with van der Waals surface area (Å²) in [6.45, 7) is 2.41. The highest BCUT2D eigenvalue weighted by molar-refractivity contribution is 7.80. The van der Waals surface area contributed by atoms with E-state index in [2.05, 4.69) is 17.6 Å². The van der Waals surface area contributed by atoms with Crippen molar-refractivity contribution in [3.8, 4) is 0 Å². The van der Waals surface area contributed by atoms with Gasteiger partial charge in [-0.3, -0.25) is 0 Å². The molecule has 11 heavy (non-hydrogen) atoms. The molecule has 0 saturated carbocycles. The molecule has 0 bridgehead atoms. The molecule has 1 rings (SSSR count). The number of rotatable bonds is 2. The van der Waals surface area contributed by atoms with E-state index in [0.29, 0.717) is 11.7 Å². The summed E-state index contributed by atoms with van der Waals surface area (Å²) in [6.07, 6.45) is 1.30. The molecule has 0 amide bonds. The Bertz CT molecular complexity index is 282. The van der Waals surface area contributed by atoms with Crippen molar-refractivity contribution in [1.82, 2.24) is 9.55 Å². The third kappa shape index (κ3) is 1.37. The second kappa shape index (κ2) is 2.96. The van der Waals surface area contributed by atoms with Gasteiger partial charge in [-0.2, -0.15) is 0 Å². The predicted octanol–water partition coefficient (Wildman–Crippen LogP) is 0.890. The van der Waals surface area contributed by atoms with Crippen LogP contribution in [0.15, 0.2) is 11.4 Å². The van der Waals surface area contributed by atoms with Crippen molar-refractivity contribution in [3.05, 3.63) is 11.9 Å². The van der Waals surface area contributed by atoms with Crippen LogP contribution in [0, 0.1) is 0 Å². The molecule has 5 heteroatoms. The van der Waals surface area contributed by atoms with Crippen molar-refractivity contribution in [2.24, 2.45) is 0 Å². The number of thiol groups is 1. The van der Waals surface area contributed by atoms with E-state index in [1.54, 1.807) is 0 Å². The zero-order valence-corrected chi connectivity index (χ0v) is 6.88. The number of carboxylic acids is 1. The van der Waals surface area contributed by atoms with Crippen LogP contribution in [-0.4, -0.2) is 20.6 Å². The number of hydrogen-bond donors (Lipinski definition) is 2. The van der Waals surface area contributed by atoms with Gasteiger partial charge in [0.2, 0.25) is 0 Å². The van der Waals surface area contributed by atoms with Crippen molar-refractivity contribution in [2.75, 3.05) is 0 Å². The van der Waals surface area contributed by atoms with Crippen LogP contribution in [-0.2, 0) is 6.54 Å². The molecule has 0 radical (unpaired) electrons. The van der Waals surface area contributed by atoms with Gasteiger partial charge in [0, 0.05) is 6.54 Å². The molecule has 1 aromatic heterocycles. The summed E-state index contributed by atoms with van der Waals surface area (Å²) in [5, 5.41) is 9.05. The summed E-state index contributed by atoms with van der Waals surface area (Å²) < 4.78 is 1.52. The Labute approximate surface area is 69.3 Å². The first-order chi connectivity index (χ1) is 5.16. The lowest BCUT2D eigenvalue weighted by atomic mass is 10.5. The second-order valence-corrected chi connectivity index (χ2v) is 2.39. The number of aromatic carboxylic acids is 1. The molecular weight excluding hydrogens is 164 g/mol. The molecule has 0 atom stereocenters. The Morgan fingerprint density at radius 2 is 2.55 bits per heavy atom. The highest BCUT2D eigenvalue weighted by Crippen LogP contribution is 2.08. The van der Waals surface area contributed by atoms with Crippen molar-refractivity contribution in [2.45, 2.75) is 18.6 Å². The molecule has 60 valence electrons. The predicted molar refractivity (Wildman–Crippen MR) is 42.1 cm³/mol. The summed E-state index contributed by atoms with van der Waals surface area (Å²) in [5.41, 5.74) is 0.178. The third-order valence-electron chi connectivity index (χ3n) is 1.37. The van der Waals surface area contributed by atoms with Crippen LogP contribution in [0.25, 0.3) is 0 Å². The first-order valence-electron chi connectivity index (χ1n) is 3.14. The average molecular weight is 172 g/mol.